The number of para-hydroxylation sites is 1. The molecule has 0 saturated heterocycles. The van der Waals surface area contributed by atoms with Gasteiger partial charge < -0.3 is 19.3 Å². The second-order valence-corrected chi connectivity index (χ2v) is 10.4. The molecule has 3 aromatic carbocycles. The molecule has 1 aliphatic rings. The van der Waals surface area contributed by atoms with E-state index in [0.717, 1.165) is 77.4 Å². The molecule has 1 aliphatic heterocycles. The van der Waals surface area contributed by atoms with Gasteiger partial charge >= 0.3 is 6.16 Å². The van der Waals surface area contributed by atoms with Gasteiger partial charge in [0.2, 0.25) is 0 Å². The highest BCUT2D eigenvalue weighted by Gasteiger charge is 2.20. The molecular weight excluding hydrogens is 500 g/mol. The van der Waals surface area contributed by atoms with Gasteiger partial charge in [0.25, 0.3) is 0 Å². The molecule has 0 radical (unpaired) electrons. The van der Waals surface area contributed by atoms with Gasteiger partial charge in [-0.25, -0.2) is 9.78 Å². The predicted octanol–water partition coefficient (Wildman–Crippen LogP) is 7.40. The summed E-state index contributed by atoms with van der Waals surface area (Å²) >= 11 is 0. The van der Waals surface area contributed by atoms with E-state index in [1.165, 1.54) is 25.7 Å². The van der Waals surface area contributed by atoms with Crippen LogP contribution in [-0.2, 0) is 13.0 Å². The van der Waals surface area contributed by atoms with Gasteiger partial charge in [0.1, 0.15) is 17.4 Å². The lowest BCUT2D eigenvalue weighted by atomic mass is 10.0. The highest BCUT2D eigenvalue weighted by atomic mass is 16.7. The smallest absolute Gasteiger partial charge is 0.449 e. The third-order valence-corrected chi connectivity index (χ3v) is 7.46. The van der Waals surface area contributed by atoms with Crippen molar-refractivity contribution in [2.75, 3.05) is 19.6 Å². The van der Waals surface area contributed by atoms with Crippen LogP contribution in [0.15, 0.2) is 71.7 Å². The van der Waals surface area contributed by atoms with Crippen LogP contribution in [0.2, 0.25) is 0 Å². The zero-order valence-corrected chi connectivity index (χ0v) is 23.5. The Bertz CT molecular complexity index is 1490. The minimum Gasteiger partial charge on any atom is -0.449 e. The van der Waals surface area contributed by atoms with Crippen LogP contribution in [0, 0.1) is 0 Å². The van der Waals surface area contributed by atoms with Crippen molar-refractivity contribution in [1.82, 2.24) is 14.5 Å². The molecule has 0 atom stereocenters. The zero-order chi connectivity index (χ0) is 27.9. The van der Waals surface area contributed by atoms with Crippen molar-refractivity contribution < 1.29 is 14.6 Å². The molecule has 7 heteroatoms. The number of hydrogen-bond acceptors (Lipinski definition) is 5. The number of aryl methyl sites for hydroxylation is 1. The molecule has 5 rings (SSSR count). The minimum atomic E-state index is -1.32. The molecule has 40 heavy (non-hydrogen) atoms. The van der Waals surface area contributed by atoms with Gasteiger partial charge in [-0.1, -0.05) is 75.6 Å². The molecule has 0 saturated carbocycles. The van der Waals surface area contributed by atoms with Crippen LogP contribution in [-0.4, -0.2) is 51.2 Å². The number of amidine groups is 1. The van der Waals surface area contributed by atoms with Gasteiger partial charge in [0.15, 0.2) is 0 Å². The Hall–Kier alpha value is -4.13. The SMILES string of the molecule is CCCCCCN1CCN=C1c1ccc2nc(CCC)n(Cc3ccc(-c4ccccc4OC(=O)O)cc3)c2c1. The van der Waals surface area contributed by atoms with Crippen molar-refractivity contribution in [3.8, 4) is 16.9 Å². The average molecular weight is 539 g/mol. The summed E-state index contributed by atoms with van der Waals surface area (Å²) in [5.74, 6) is 2.52. The fourth-order valence-corrected chi connectivity index (χ4v) is 5.47. The zero-order valence-electron chi connectivity index (χ0n) is 23.5. The largest absolute Gasteiger partial charge is 0.511 e. The van der Waals surface area contributed by atoms with E-state index in [-0.39, 0.29) is 0 Å². The summed E-state index contributed by atoms with van der Waals surface area (Å²) < 4.78 is 7.32. The van der Waals surface area contributed by atoms with Crippen LogP contribution >= 0.6 is 0 Å². The van der Waals surface area contributed by atoms with Crippen LogP contribution in [0.5, 0.6) is 5.75 Å². The molecule has 0 spiro atoms. The number of imidazole rings is 1. The third-order valence-electron chi connectivity index (χ3n) is 7.46. The van der Waals surface area contributed by atoms with Crippen molar-refractivity contribution >= 4 is 23.0 Å². The van der Waals surface area contributed by atoms with Crippen LogP contribution in [0.4, 0.5) is 4.79 Å². The lowest BCUT2D eigenvalue weighted by Gasteiger charge is -2.20. The molecule has 208 valence electrons. The molecule has 2 heterocycles. The van der Waals surface area contributed by atoms with Gasteiger partial charge in [0, 0.05) is 37.2 Å². The lowest BCUT2D eigenvalue weighted by Crippen LogP contribution is -2.29. The minimum absolute atomic E-state index is 0.329. The van der Waals surface area contributed by atoms with Crippen LogP contribution in [0.3, 0.4) is 0 Å². The fraction of sp³-hybridized carbons (Fsp3) is 0.364. The first-order valence-electron chi connectivity index (χ1n) is 14.5. The first-order chi connectivity index (χ1) is 19.6. The van der Waals surface area contributed by atoms with Crippen LogP contribution in [0.25, 0.3) is 22.2 Å². The number of benzene rings is 3. The van der Waals surface area contributed by atoms with E-state index < -0.39 is 6.16 Å². The number of aromatic nitrogens is 2. The van der Waals surface area contributed by atoms with E-state index in [9.17, 15) is 4.79 Å². The topological polar surface area (TPSA) is 80.0 Å². The van der Waals surface area contributed by atoms with Crippen molar-refractivity contribution in [1.29, 1.82) is 0 Å². The standard InChI is InChI=1S/C33H38N4O3/c1-3-5-6-9-20-36-21-19-34-32(36)26-17-18-28-29(22-26)37(31(35-28)10-4-2)23-24-13-15-25(16-14-24)27-11-7-8-12-30(27)40-33(38)39/h7-8,11-18,22H,3-6,9-10,19-21,23H2,1-2H3,(H,38,39). The van der Waals surface area contributed by atoms with Gasteiger partial charge in [-0.15, -0.1) is 0 Å². The number of unbranched alkanes of at least 4 members (excludes halogenated alkanes) is 3. The van der Waals surface area contributed by atoms with Gasteiger partial charge in [-0.05, 0) is 48.2 Å². The first-order valence-corrected chi connectivity index (χ1v) is 14.5. The third kappa shape index (κ3) is 6.19. The number of carboxylic acid groups (broad SMARTS) is 1. The summed E-state index contributed by atoms with van der Waals surface area (Å²) in [6.07, 6.45) is 5.62. The normalized spacial score (nSPS) is 13.2. The maximum atomic E-state index is 11.1. The molecule has 0 unspecified atom stereocenters. The number of nitrogens with zero attached hydrogens (tertiary/aromatic N) is 4. The molecule has 0 amide bonds. The van der Waals surface area contributed by atoms with E-state index in [1.807, 2.05) is 24.3 Å². The highest BCUT2D eigenvalue weighted by Crippen LogP contribution is 2.31. The summed E-state index contributed by atoms with van der Waals surface area (Å²) in [6, 6.07) is 22.0. The molecule has 1 N–H and O–H groups in total. The number of fused-ring (bicyclic) bond motifs is 1. The number of hydrogen-bond donors (Lipinski definition) is 1. The van der Waals surface area contributed by atoms with Crippen molar-refractivity contribution in [3.05, 3.63) is 83.7 Å². The Balaban J connectivity index is 1.41. The van der Waals surface area contributed by atoms with Crippen molar-refractivity contribution in [3.63, 3.8) is 0 Å². The molecule has 4 aromatic rings. The van der Waals surface area contributed by atoms with Crippen molar-refractivity contribution in [2.24, 2.45) is 4.99 Å². The Kier molecular flexibility index (Phi) is 8.79. The molecule has 0 bridgehead atoms. The Morgan fingerprint density at radius 1 is 0.950 bits per heavy atom. The summed E-state index contributed by atoms with van der Waals surface area (Å²) in [5.41, 5.74) is 6.11. The summed E-state index contributed by atoms with van der Waals surface area (Å²) in [4.78, 5) is 23.4. The van der Waals surface area contributed by atoms with Crippen LogP contribution < -0.4 is 4.74 Å². The van der Waals surface area contributed by atoms with Gasteiger partial charge in [0.05, 0.1) is 17.6 Å². The number of carbonyl (C=O) groups is 1. The van der Waals surface area contributed by atoms with E-state index in [4.69, 9.17) is 19.8 Å². The van der Waals surface area contributed by atoms with E-state index >= 15 is 0 Å². The molecule has 1 aromatic heterocycles. The summed E-state index contributed by atoms with van der Waals surface area (Å²) in [6.45, 7) is 8.05. The highest BCUT2D eigenvalue weighted by molar-refractivity contribution is 6.02. The second-order valence-electron chi connectivity index (χ2n) is 10.4. The number of ether oxygens (including phenoxy) is 1. The number of aliphatic imine (C=N–C) groups is 1. The summed E-state index contributed by atoms with van der Waals surface area (Å²) in [5, 5.41) is 9.10. The Morgan fingerprint density at radius 2 is 1.75 bits per heavy atom. The second kappa shape index (κ2) is 12.8. The van der Waals surface area contributed by atoms with Gasteiger partial charge in [-0.2, -0.15) is 0 Å². The van der Waals surface area contributed by atoms with E-state index in [1.54, 1.807) is 12.1 Å². The molecule has 0 fully saturated rings. The molecule has 0 aliphatic carbocycles. The van der Waals surface area contributed by atoms with E-state index in [0.29, 0.717) is 12.3 Å². The maximum absolute atomic E-state index is 11.1. The fourth-order valence-electron chi connectivity index (χ4n) is 5.47. The van der Waals surface area contributed by atoms with E-state index in [2.05, 4.69) is 53.6 Å². The van der Waals surface area contributed by atoms with Gasteiger partial charge in [-0.3, -0.25) is 4.99 Å². The molecular formula is C33H38N4O3. The predicted molar refractivity (Wildman–Crippen MR) is 160 cm³/mol. The summed E-state index contributed by atoms with van der Waals surface area (Å²) in [7, 11) is 0. The maximum Gasteiger partial charge on any atom is 0.511 e. The quantitative estimate of drug-likeness (QED) is 0.115. The first kappa shape index (κ1) is 27.4. The van der Waals surface area contributed by atoms with Crippen molar-refractivity contribution in [2.45, 2.75) is 58.9 Å². The molecule has 7 nitrogen and oxygen atoms in total. The van der Waals surface area contributed by atoms with Crippen LogP contribution in [0.1, 0.15) is 62.9 Å². The Labute approximate surface area is 236 Å². The monoisotopic (exact) mass is 538 g/mol. The Morgan fingerprint density at radius 3 is 2.52 bits per heavy atom. The lowest BCUT2D eigenvalue weighted by molar-refractivity contribution is 0.144. The number of rotatable bonds is 12. The average Bonchev–Trinajstić information content (AvgIpc) is 3.56.